The first kappa shape index (κ1) is 57.6. The van der Waals surface area contributed by atoms with Crippen LogP contribution in [0.25, 0.3) is 21.5 Å². The van der Waals surface area contributed by atoms with E-state index in [9.17, 15) is 46.1 Å². The van der Waals surface area contributed by atoms with Gasteiger partial charge in [0.15, 0.2) is 5.75 Å². The van der Waals surface area contributed by atoms with Gasteiger partial charge in [-0.05, 0) is 94.7 Å². The second-order valence-corrected chi connectivity index (χ2v) is 19.3. The van der Waals surface area contributed by atoms with Crippen LogP contribution in [0.2, 0.25) is 10.0 Å². The number of rotatable bonds is 14. The topological polar surface area (TPSA) is 284 Å². The first-order valence-electron chi connectivity index (χ1n) is 22.0. The molecule has 0 saturated heterocycles. The van der Waals surface area contributed by atoms with Crippen molar-refractivity contribution in [1.82, 2.24) is 0 Å². The molecule has 380 valence electrons. The molecule has 0 saturated carbocycles. The summed E-state index contributed by atoms with van der Waals surface area (Å²) >= 11 is 12.1. The number of ether oxygens (including phenoxy) is 2. The number of carbonyl (C=O) groups is 1. The van der Waals surface area contributed by atoms with Crippen LogP contribution in [0.4, 0.5) is 34.1 Å². The quantitative estimate of drug-likeness (QED) is 0.0260. The van der Waals surface area contributed by atoms with Crippen LogP contribution in [-0.4, -0.2) is 94.8 Å². The number of anilines is 1. The minimum absolute atomic E-state index is 0. The summed E-state index contributed by atoms with van der Waals surface area (Å²) < 4.78 is 78.2. The van der Waals surface area contributed by atoms with Crippen molar-refractivity contribution in [2.45, 2.75) is 36.5 Å². The van der Waals surface area contributed by atoms with E-state index in [1.807, 2.05) is 0 Å². The van der Waals surface area contributed by atoms with E-state index in [0.29, 0.717) is 62.7 Å². The fourth-order valence-corrected chi connectivity index (χ4v) is 10.00. The molecular formula is C52H42CaCl2N6O12S2. The van der Waals surface area contributed by atoms with Crippen molar-refractivity contribution < 1.29 is 55.5 Å². The van der Waals surface area contributed by atoms with Crippen LogP contribution in [0.15, 0.2) is 169 Å². The summed E-state index contributed by atoms with van der Waals surface area (Å²) in [7, 11) is -6.59. The summed E-state index contributed by atoms with van der Waals surface area (Å²) in [6, 6.07) is 35.7. The van der Waals surface area contributed by atoms with Gasteiger partial charge in [-0.15, -0.1) is 15.3 Å². The van der Waals surface area contributed by atoms with Crippen LogP contribution in [0, 0.1) is 0 Å². The van der Waals surface area contributed by atoms with Gasteiger partial charge in [0.1, 0.15) is 44.0 Å². The van der Waals surface area contributed by atoms with E-state index in [-0.39, 0.29) is 87.3 Å². The van der Waals surface area contributed by atoms with Crippen LogP contribution in [0.3, 0.4) is 0 Å². The van der Waals surface area contributed by atoms with Crippen LogP contribution in [0.5, 0.6) is 23.0 Å². The molecule has 0 aliphatic heterocycles. The van der Waals surface area contributed by atoms with E-state index in [2.05, 4.69) is 30.8 Å². The maximum atomic E-state index is 13.4. The van der Waals surface area contributed by atoms with E-state index in [0.717, 1.165) is 0 Å². The van der Waals surface area contributed by atoms with Gasteiger partial charge >= 0.3 is 37.7 Å². The number of amides is 1. The van der Waals surface area contributed by atoms with Gasteiger partial charge in [0, 0.05) is 10.8 Å². The number of phenolic OH excluding ortho intramolecular Hbond substituents is 1. The number of aliphatic imine (C=N–C) groups is 1. The normalized spacial score (nSPS) is 11.9. The molecule has 18 nitrogen and oxygen atoms in total. The third-order valence-electron chi connectivity index (χ3n) is 11.2. The monoisotopic (exact) mass is 1120 g/mol. The first-order chi connectivity index (χ1) is 35.3. The Morgan fingerprint density at radius 2 is 1.05 bits per heavy atom. The number of aryl methyl sites for hydroxylation is 2. The third kappa shape index (κ3) is 12.9. The number of para-hydroxylation sites is 4. The van der Waals surface area contributed by atoms with Crippen molar-refractivity contribution >= 4 is 149 Å². The van der Waals surface area contributed by atoms with E-state index < -0.39 is 53.3 Å². The van der Waals surface area contributed by atoms with Gasteiger partial charge in [0.05, 0.1) is 41.2 Å². The summed E-state index contributed by atoms with van der Waals surface area (Å²) in [5.41, 5.74) is 0.564. The SMILES string of the molecule is CCc1ccc(Cl)c(S(=O)(=O)O)c1N=Nc1c(O)c(C(=O)Nc2ccccc2OC)cc2ccccc12.CCc1ccc(Cl)c(S(=O)(=O)O)c1N=Nc1c([O-])c(C([O-])=Nc2ccccc2OC)cc2ccccc12.[Ca+2]. The molecule has 0 unspecified atom stereocenters. The molecule has 0 aliphatic rings. The zero-order valence-corrected chi connectivity index (χ0v) is 45.5. The summed E-state index contributed by atoms with van der Waals surface area (Å²) in [5.74, 6) is -1.87. The molecule has 4 N–H and O–H groups in total. The Hall–Kier alpha value is -6.72. The van der Waals surface area contributed by atoms with Crippen molar-refractivity contribution in [1.29, 1.82) is 0 Å². The number of halogens is 2. The number of nitrogens with one attached hydrogen (secondary N) is 1. The Labute approximate surface area is 470 Å². The Morgan fingerprint density at radius 3 is 1.57 bits per heavy atom. The number of nitrogens with zero attached hydrogens (tertiary/aromatic N) is 5. The zero-order valence-electron chi connectivity index (χ0n) is 40.1. The van der Waals surface area contributed by atoms with E-state index in [1.54, 1.807) is 123 Å². The van der Waals surface area contributed by atoms with Gasteiger partial charge in [-0.1, -0.05) is 128 Å². The van der Waals surface area contributed by atoms with Gasteiger partial charge in [0.25, 0.3) is 26.1 Å². The minimum atomic E-state index is -4.76. The molecule has 0 fully saturated rings. The average Bonchev–Trinajstić information content (AvgIpc) is 3.37. The van der Waals surface area contributed by atoms with E-state index in [4.69, 9.17) is 32.7 Å². The molecule has 8 aromatic rings. The number of fused-ring (bicyclic) bond motifs is 2. The average molecular weight is 1120 g/mol. The van der Waals surface area contributed by atoms with Crippen molar-refractivity contribution in [3.63, 3.8) is 0 Å². The number of methoxy groups -OCH3 is 2. The maximum Gasteiger partial charge on any atom is 2.00 e. The number of benzene rings is 8. The molecule has 1 amide bonds. The molecule has 0 bridgehead atoms. The fraction of sp³-hybridized carbons (Fsp3) is 0.115. The van der Waals surface area contributed by atoms with Crippen LogP contribution in [-0.2, 0) is 33.1 Å². The number of hydrogen-bond donors (Lipinski definition) is 4. The third-order valence-corrected chi connectivity index (χ3v) is 13.9. The molecule has 75 heavy (non-hydrogen) atoms. The Balaban J connectivity index is 0.000000241. The molecule has 0 heterocycles. The molecule has 8 aromatic carbocycles. The minimum Gasteiger partial charge on any atom is -0.871 e. The number of aromatic hydroxyl groups is 1. The van der Waals surface area contributed by atoms with E-state index >= 15 is 0 Å². The molecule has 0 atom stereocenters. The predicted octanol–water partition coefficient (Wildman–Crippen LogP) is 11.5. The second kappa shape index (κ2) is 24.7. The predicted molar refractivity (Wildman–Crippen MR) is 285 cm³/mol. The summed E-state index contributed by atoms with van der Waals surface area (Å²) in [6.45, 7) is 3.52. The largest absolute Gasteiger partial charge is 2.00 e. The molecular weight excluding hydrogens is 1080 g/mol. The Morgan fingerprint density at radius 1 is 0.613 bits per heavy atom. The number of phenols is 1. The molecule has 0 spiro atoms. The van der Waals surface area contributed by atoms with Gasteiger partial charge in [-0.2, -0.15) is 21.9 Å². The van der Waals surface area contributed by atoms with Crippen molar-refractivity contribution in [3.8, 4) is 23.0 Å². The number of carbonyl (C=O) groups excluding carboxylic acids is 1. The Kier molecular flexibility index (Phi) is 19.0. The van der Waals surface area contributed by atoms with Crippen LogP contribution >= 0.6 is 23.2 Å². The van der Waals surface area contributed by atoms with Gasteiger partial charge in [0.2, 0.25) is 0 Å². The van der Waals surface area contributed by atoms with E-state index in [1.165, 1.54) is 38.5 Å². The fourth-order valence-electron chi connectivity index (χ4n) is 7.64. The van der Waals surface area contributed by atoms with Gasteiger partial charge in [-0.3, -0.25) is 18.9 Å². The van der Waals surface area contributed by atoms with Crippen molar-refractivity contribution in [2.24, 2.45) is 25.4 Å². The van der Waals surface area contributed by atoms with Gasteiger partial charge in [-0.25, -0.2) is 0 Å². The Bertz CT molecular complexity index is 3830. The molecule has 23 heteroatoms. The van der Waals surface area contributed by atoms with Gasteiger partial charge < -0.3 is 30.1 Å². The standard InChI is InChI=1S/2C26H22ClN3O6S.Ca/c2*1-3-15-12-13-19(27)25(37(33,34)35)22(15)29-30-23-17-9-5-4-8-16(17)14-18(24(23)31)26(32)28-20-10-6-7-11-21(20)36-2;/h2*4-14,31H,3H2,1-2H3,(H,28,32)(H,33,34,35);/q;;+2/p-2. The van der Waals surface area contributed by atoms with Crippen LogP contribution in [0.1, 0.15) is 40.9 Å². The summed E-state index contributed by atoms with van der Waals surface area (Å²) in [4.78, 5) is 16.0. The maximum absolute atomic E-state index is 13.4. The first-order valence-corrected chi connectivity index (χ1v) is 25.7. The molecule has 0 radical (unpaired) electrons. The molecule has 0 aromatic heterocycles. The summed E-state index contributed by atoms with van der Waals surface area (Å²) in [5, 5.41) is 58.2. The smallest absolute Gasteiger partial charge is 0.871 e. The van der Waals surface area contributed by atoms with Crippen molar-refractivity contribution in [2.75, 3.05) is 19.5 Å². The van der Waals surface area contributed by atoms with Crippen molar-refractivity contribution in [3.05, 3.63) is 166 Å². The second-order valence-electron chi connectivity index (χ2n) is 15.7. The molecule has 8 rings (SSSR count). The zero-order chi connectivity index (χ0) is 53.5. The molecule has 0 aliphatic carbocycles. The number of hydrogen-bond acceptors (Lipinski definition) is 15. The number of azo groups is 2. The van der Waals surface area contributed by atoms with Crippen LogP contribution < -0.4 is 25.0 Å². The summed E-state index contributed by atoms with van der Waals surface area (Å²) in [6.07, 6.45) is 0.706.